The van der Waals surface area contributed by atoms with Gasteiger partial charge in [-0.3, -0.25) is 19.7 Å². The van der Waals surface area contributed by atoms with Crippen molar-refractivity contribution in [3.8, 4) is 0 Å². The molecular weight excluding hydrogens is 364 g/mol. The number of Topliss-reactive ketones (excluding diaryl/α,β-unsaturated/α-hetero) is 1. The first-order chi connectivity index (χ1) is 12.3. The van der Waals surface area contributed by atoms with Gasteiger partial charge in [-0.2, -0.15) is 0 Å². The predicted molar refractivity (Wildman–Crippen MR) is 93.5 cm³/mol. The molecule has 0 aromatic heterocycles. The van der Waals surface area contributed by atoms with E-state index in [2.05, 4.69) is 5.32 Å². The lowest BCUT2D eigenvalue weighted by Crippen LogP contribution is -2.22. The summed E-state index contributed by atoms with van der Waals surface area (Å²) in [6, 6.07) is 9.76. The number of carbonyl (C=O) groups is 3. The van der Waals surface area contributed by atoms with Crippen LogP contribution in [0.4, 0.5) is 11.4 Å². The average Bonchev–Trinajstić information content (AvgIpc) is 2.59. The molecule has 0 atom stereocenters. The van der Waals surface area contributed by atoms with Crippen molar-refractivity contribution in [2.45, 2.75) is 6.92 Å². The zero-order valence-corrected chi connectivity index (χ0v) is 14.3. The summed E-state index contributed by atoms with van der Waals surface area (Å²) in [6.45, 7) is 0.665. The van der Waals surface area contributed by atoms with E-state index in [1.54, 1.807) is 18.2 Å². The number of anilines is 1. The van der Waals surface area contributed by atoms with E-state index in [1.165, 1.54) is 19.1 Å². The molecule has 1 N–H and O–H groups in total. The molecule has 0 saturated heterocycles. The Morgan fingerprint density at radius 2 is 1.85 bits per heavy atom. The molecule has 2 rings (SSSR count). The highest BCUT2D eigenvalue weighted by atomic mass is 35.5. The van der Waals surface area contributed by atoms with Crippen LogP contribution < -0.4 is 5.32 Å². The number of ether oxygens (including phenoxy) is 1. The van der Waals surface area contributed by atoms with Gasteiger partial charge in [-0.05, 0) is 31.2 Å². The average molecular weight is 377 g/mol. The van der Waals surface area contributed by atoms with Crippen LogP contribution >= 0.6 is 11.6 Å². The Bertz CT molecular complexity index is 897. The third-order valence-electron chi connectivity index (χ3n) is 3.29. The molecular formula is C17H13ClN2O6. The van der Waals surface area contributed by atoms with Crippen LogP contribution in [0, 0.1) is 10.1 Å². The molecule has 0 aliphatic carbocycles. The van der Waals surface area contributed by atoms with Gasteiger partial charge < -0.3 is 10.1 Å². The number of ketones is 1. The number of hydrogen-bond donors (Lipinski definition) is 1. The zero-order chi connectivity index (χ0) is 19.3. The van der Waals surface area contributed by atoms with Gasteiger partial charge >= 0.3 is 5.97 Å². The van der Waals surface area contributed by atoms with Crippen LogP contribution in [-0.4, -0.2) is 29.2 Å². The van der Waals surface area contributed by atoms with Crippen LogP contribution in [0.5, 0.6) is 0 Å². The molecule has 0 bridgehead atoms. The third-order valence-corrected chi connectivity index (χ3v) is 3.53. The fourth-order valence-electron chi connectivity index (χ4n) is 2.13. The van der Waals surface area contributed by atoms with Gasteiger partial charge in [0.2, 0.25) is 0 Å². The number of nitrogens with one attached hydrogen (secondary N) is 1. The number of hydrogen-bond acceptors (Lipinski definition) is 6. The first-order valence-electron chi connectivity index (χ1n) is 7.30. The number of nitro benzene ring substituents is 1. The lowest BCUT2D eigenvalue weighted by atomic mass is 10.1. The van der Waals surface area contributed by atoms with Crippen LogP contribution in [0.25, 0.3) is 0 Å². The summed E-state index contributed by atoms with van der Waals surface area (Å²) >= 11 is 5.74. The lowest BCUT2D eigenvalue weighted by molar-refractivity contribution is -0.385. The Morgan fingerprint density at radius 1 is 1.15 bits per heavy atom. The Balaban J connectivity index is 2.07. The fraction of sp³-hybridized carbons (Fsp3) is 0.118. The minimum atomic E-state index is -1.06. The van der Waals surface area contributed by atoms with Crippen molar-refractivity contribution in [2.75, 3.05) is 11.9 Å². The van der Waals surface area contributed by atoms with Crippen LogP contribution in [0.15, 0.2) is 42.5 Å². The first kappa shape index (κ1) is 19.1. The maximum atomic E-state index is 12.0. The van der Waals surface area contributed by atoms with Crippen LogP contribution in [0.3, 0.4) is 0 Å². The largest absolute Gasteiger partial charge is 0.452 e. The van der Waals surface area contributed by atoms with Crippen molar-refractivity contribution in [3.05, 3.63) is 68.7 Å². The Hall–Kier alpha value is -3.26. The van der Waals surface area contributed by atoms with Crippen molar-refractivity contribution in [1.29, 1.82) is 0 Å². The van der Waals surface area contributed by atoms with E-state index in [0.717, 1.165) is 12.1 Å². The van der Waals surface area contributed by atoms with Gasteiger partial charge in [0.15, 0.2) is 12.4 Å². The van der Waals surface area contributed by atoms with E-state index >= 15 is 0 Å². The highest BCUT2D eigenvalue weighted by Crippen LogP contribution is 2.23. The van der Waals surface area contributed by atoms with Gasteiger partial charge in [-0.15, -0.1) is 0 Å². The molecule has 0 radical (unpaired) electrons. The summed E-state index contributed by atoms with van der Waals surface area (Å²) in [5, 5.41) is 13.5. The van der Waals surface area contributed by atoms with E-state index in [1.807, 2.05) is 0 Å². The molecule has 134 valence electrons. The van der Waals surface area contributed by atoms with Gasteiger partial charge in [0.25, 0.3) is 11.6 Å². The highest BCUT2D eigenvalue weighted by molar-refractivity contribution is 6.31. The van der Waals surface area contributed by atoms with Gasteiger partial charge in [0, 0.05) is 16.7 Å². The maximum Gasteiger partial charge on any atom is 0.345 e. The first-order valence-corrected chi connectivity index (χ1v) is 7.68. The zero-order valence-electron chi connectivity index (χ0n) is 13.5. The Labute approximate surface area is 152 Å². The Morgan fingerprint density at radius 3 is 2.50 bits per heavy atom. The SMILES string of the molecule is CC(=O)c1ccccc1NC(=O)COC(=O)c1cc(Cl)ccc1[N+](=O)[O-]. The van der Waals surface area contributed by atoms with Crippen molar-refractivity contribution in [2.24, 2.45) is 0 Å². The molecule has 8 nitrogen and oxygen atoms in total. The molecule has 2 aromatic rings. The summed E-state index contributed by atoms with van der Waals surface area (Å²) < 4.78 is 4.81. The van der Waals surface area contributed by atoms with E-state index < -0.39 is 29.1 Å². The maximum absolute atomic E-state index is 12.0. The van der Waals surface area contributed by atoms with Crippen LogP contribution in [0.1, 0.15) is 27.6 Å². The van der Waals surface area contributed by atoms with E-state index in [0.29, 0.717) is 5.56 Å². The summed E-state index contributed by atoms with van der Waals surface area (Å²) in [5.41, 5.74) is -0.270. The molecule has 0 aliphatic heterocycles. The number of nitrogens with zero attached hydrogens (tertiary/aromatic N) is 1. The van der Waals surface area contributed by atoms with Gasteiger partial charge in [-0.1, -0.05) is 23.7 Å². The number of esters is 1. The summed E-state index contributed by atoms with van der Waals surface area (Å²) in [6.07, 6.45) is 0. The topological polar surface area (TPSA) is 116 Å². The monoisotopic (exact) mass is 376 g/mol. The molecule has 1 amide bonds. The van der Waals surface area contributed by atoms with Crippen molar-refractivity contribution < 1.29 is 24.0 Å². The smallest absolute Gasteiger partial charge is 0.345 e. The Kier molecular flexibility index (Phi) is 6.03. The second-order valence-electron chi connectivity index (χ2n) is 5.14. The molecule has 0 unspecified atom stereocenters. The van der Waals surface area contributed by atoms with Crippen LogP contribution in [0.2, 0.25) is 5.02 Å². The summed E-state index contributed by atoms with van der Waals surface area (Å²) in [4.78, 5) is 45.7. The second kappa shape index (κ2) is 8.21. The molecule has 0 saturated carbocycles. The van der Waals surface area contributed by atoms with Gasteiger partial charge in [-0.25, -0.2) is 4.79 Å². The highest BCUT2D eigenvalue weighted by Gasteiger charge is 2.22. The molecule has 9 heteroatoms. The molecule has 0 heterocycles. The quantitative estimate of drug-likeness (QED) is 0.358. The van der Waals surface area contributed by atoms with Crippen molar-refractivity contribution >= 4 is 40.6 Å². The summed E-state index contributed by atoms with van der Waals surface area (Å²) in [5.74, 6) is -2.00. The number of carbonyl (C=O) groups excluding carboxylic acids is 3. The van der Waals surface area contributed by atoms with Crippen molar-refractivity contribution in [3.63, 3.8) is 0 Å². The summed E-state index contributed by atoms with van der Waals surface area (Å²) in [7, 11) is 0. The lowest BCUT2D eigenvalue weighted by Gasteiger charge is -2.09. The predicted octanol–water partition coefficient (Wildman–Crippen LogP) is 3.25. The number of amides is 1. The van der Waals surface area contributed by atoms with Gasteiger partial charge in [0.1, 0.15) is 5.56 Å². The normalized spacial score (nSPS) is 10.1. The van der Waals surface area contributed by atoms with Crippen LogP contribution in [-0.2, 0) is 9.53 Å². The number of benzene rings is 2. The molecule has 0 spiro atoms. The van der Waals surface area contributed by atoms with E-state index in [9.17, 15) is 24.5 Å². The minimum Gasteiger partial charge on any atom is -0.452 e. The molecule has 0 aliphatic rings. The third kappa shape index (κ3) is 4.64. The van der Waals surface area contributed by atoms with E-state index in [4.69, 9.17) is 16.3 Å². The fourth-order valence-corrected chi connectivity index (χ4v) is 2.30. The second-order valence-corrected chi connectivity index (χ2v) is 5.58. The molecule has 0 fully saturated rings. The molecule has 2 aromatic carbocycles. The number of nitro groups is 1. The van der Waals surface area contributed by atoms with Crippen molar-refractivity contribution in [1.82, 2.24) is 0 Å². The van der Waals surface area contributed by atoms with Gasteiger partial charge in [0.05, 0.1) is 10.6 Å². The number of para-hydroxylation sites is 1. The minimum absolute atomic E-state index is 0.113. The number of halogens is 1. The number of rotatable bonds is 6. The standard InChI is InChI=1S/C17H13ClN2O6/c1-10(21)12-4-2-3-5-14(12)19-16(22)9-26-17(23)13-8-11(18)6-7-15(13)20(24)25/h2-8H,9H2,1H3,(H,19,22). The molecule has 26 heavy (non-hydrogen) atoms. The van der Waals surface area contributed by atoms with E-state index in [-0.39, 0.29) is 22.1 Å².